The molecule has 0 saturated carbocycles. The van der Waals surface area contributed by atoms with Crippen molar-refractivity contribution in [3.63, 3.8) is 0 Å². The summed E-state index contributed by atoms with van der Waals surface area (Å²) in [6, 6.07) is 12.3. The summed E-state index contributed by atoms with van der Waals surface area (Å²) in [5.41, 5.74) is 3.58. The maximum atomic E-state index is 12.6. The van der Waals surface area contributed by atoms with Gasteiger partial charge in [0, 0.05) is 37.9 Å². The van der Waals surface area contributed by atoms with E-state index in [0.29, 0.717) is 19.6 Å². The first-order valence-electron chi connectivity index (χ1n) is 9.10. The monoisotopic (exact) mass is 353 g/mol. The number of aromatic nitrogens is 1. The molecule has 1 aromatic carbocycles. The van der Waals surface area contributed by atoms with Crippen LogP contribution >= 0.6 is 0 Å². The number of aryl methyl sites for hydroxylation is 1. The summed E-state index contributed by atoms with van der Waals surface area (Å²) >= 11 is 0. The summed E-state index contributed by atoms with van der Waals surface area (Å²) in [7, 11) is 1.96. The van der Waals surface area contributed by atoms with Gasteiger partial charge in [-0.3, -0.25) is 14.7 Å². The lowest BCUT2D eigenvalue weighted by Crippen LogP contribution is -2.38. The molecule has 0 bridgehead atoms. The number of likely N-dealkylation sites (N-methyl/N-ethyl adjacent to an activating group) is 1. The third-order valence-electron chi connectivity index (χ3n) is 4.98. The number of rotatable bonds is 6. The van der Waals surface area contributed by atoms with Gasteiger partial charge in [-0.1, -0.05) is 29.8 Å². The molecule has 5 nitrogen and oxygen atoms in total. The molecule has 1 saturated heterocycles. The molecule has 0 aliphatic carbocycles. The first-order chi connectivity index (χ1) is 12.5. The number of aliphatic hydroxyl groups excluding tert-OH is 1. The summed E-state index contributed by atoms with van der Waals surface area (Å²) in [5, 5.41) is 10.3. The van der Waals surface area contributed by atoms with Crippen LogP contribution in [0.25, 0.3) is 0 Å². The number of carbonyl (C=O) groups is 1. The van der Waals surface area contributed by atoms with E-state index >= 15 is 0 Å². The van der Waals surface area contributed by atoms with Gasteiger partial charge in [0.25, 0.3) is 0 Å². The van der Waals surface area contributed by atoms with Gasteiger partial charge in [-0.25, -0.2) is 0 Å². The highest BCUT2D eigenvalue weighted by Crippen LogP contribution is 2.21. The minimum atomic E-state index is -0.463. The predicted octanol–water partition coefficient (Wildman–Crippen LogP) is 1.88. The highest BCUT2D eigenvalue weighted by Gasteiger charge is 2.34. The average Bonchev–Trinajstić information content (AvgIpc) is 2.99. The number of amides is 1. The Labute approximate surface area is 155 Å². The van der Waals surface area contributed by atoms with Crippen LogP contribution in [0.1, 0.15) is 16.7 Å². The maximum absolute atomic E-state index is 12.6. The van der Waals surface area contributed by atoms with Crippen molar-refractivity contribution in [2.45, 2.75) is 26.0 Å². The van der Waals surface area contributed by atoms with E-state index in [-0.39, 0.29) is 11.8 Å². The van der Waals surface area contributed by atoms with Crippen LogP contribution in [-0.2, 0) is 17.8 Å². The van der Waals surface area contributed by atoms with Crippen LogP contribution in [0.3, 0.4) is 0 Å². The topological polar surface area (TPSA) is 56.7 Å². The van der Waals surface area contributed by atoms with Crippen LogP contribution in [-0.4, -0.2) is 58.6 Å². The molecule has 2 atom stereocenters. The van der Waals surface area contributed by atoms with Gasteiger partial charge in [0.1, 0.15) is 0 Å². The number of likely N-dealkylation sites (tertiary alicyclic amines) is 1. The van der Waals surface area contributed by atoms with Crippen LogP contribution in [0.5, 0.6) is 0 Å². The quantitative estimate of drug-likeness (QED) is 0.862. The molecule has 2 heterocycles. The molecule has 0 radical (unpaired) electrons. The number of nitrogens with zero attached hydrogens (tertiary/aromatic N) is 3. The normalized spacial score (nSPS) is 19.9. The minimum absolute atomic E-state index is 0.0795. The van der Waals surface area contributed by atoms with Crippen molar-refractivity contribution in [3.05, 3.63) is 65.5 Å². The molecule has 26 heavy (non-hydrogen) atoms. The fourth-order valence-corrected chi connectivity index (χ4v) is 3.47. The van der Waals surface area contributed by atoms with Crippen molar-refractivity contribution >= 4 is 5.91 Å². The number of pyridine rings is 1. The van der Waals surface area contributed by atoms with E-state index in [4.69, 9.17) is 0 Å². The average molecular weight is 353 g/mol. The molecule has 3 rings (SSSR count). The SMILES string of the molecule is Cc1ccc(CN(C)CC(=O)N2C[C@@H](Cc3ccncc3)[C@@H](O)C2)cc1. The van der Waals surface area contributed by atoms with Gasteiger partial charge in [0.2, 0.25) is 5.91 Å². The fraction of sp³-hybridized carbons (Fsp3) is 0.429. The molecule has 1 aliphatic heterocycles. The Morgan fingerprint density at radius 1 is 1.15 bits per heavy atom. The van der Waals surface area contributed by atoms with Crippen LogP contribution in [0.15, 0.2) is 48.8 Å². The molecule has 0 unspecified atom stereocenters. The Balaban J connectivity index is 1.51. The molecule has 2 aromatic rings. The van der Waals surface area contributed by atoms with E-state index in [1.165, 1.54) is 11.1 Å². The summed E-state index contributed by atoms with van der Waals surface area (Å²) in [6.45, 7) is 4.21. The van der Waals surface area contributed by atoms with Crippen molar-refractivity contribution in [2.24, 2.45) is 5.92 Å². The first-order valence-corrected chi connectivity index (χ1v) is 9.10. The predicted molar refractivity (Wildman–Crippen MR) is 102 cm³/mol. The smallest absolute Gasteiger partial charge is 0.236 e. The van der Waals surface area contributed by atoms with E-state index in [2.05, 4.69) is 36.2 Å². The molecule has 1 fully saturated rings. The third kappa shape index (κ3) is 4.90. The highest BCUT2D eigenvalue weighted by molar-refractivity contribution is 5.78. The Kier molecular flexibility index (Phi) is 6.01. The Bertz CT molecular complexity index is 718. The Morgan fingerprint density at radius 3 is 2.54 bits per heavy atom. The lowest BCUT2D eigenvalue weighted by Gasteiger charge is -2.21. The third-order valence-corrected chi connectivity index (χ3v) is 4.98. The second kappa shape index (κ2) is 8.43. The molecular weight excluding hydrogens is 326 g/mol. The number of β-amino-alcohol motifs (C(OH)–C–C–N with tert-alkyl or cyclic N) is 1. The van der Waals surface area contributed by atoms with Gasteiger partial charge >= 0.3 is 0 Å². The molecule has 138 valence electrons. The summed E-state index contributed by atoms with van der Waals surface area (Å²) in [6.07, 6.45) is 3.83. The summed E-state index contributed by atoms with van der Waals surface area (Å²) in [5.74, 6) is 0.166. The van der Waals surface area contributed by atoms with Gasteiger partial charge < -0.3 is 10.0 Å². The van der Waals surface area contributed by atoms with E-state index in [1.54, 1.807) is 17.3 Å². The van der Waals surface area contributed by atoms with Gasteiger partial charge in [-0.15, -0.1) is 0 Å². The van der Waals surface area contributed by atoms with E-state index in [1.807, 2.05) is 24.1 Å². The number of hydrogen-bond donors (Lipinski definition) is 1. The van der Waals surface area contributed by atoms with Crippen molar-refractivity contribution in [1.82, 2.24) is 14.8 Å². The van der Waals surface area contributed by atoms with Crippen molar-refractivity contribution < 1.29 is 9.90 Å². The standard InChI is InChI=1S/C21H27N3O2/c1-16-3-5-18(6-4-16)12-23(2)15-21(26)24-13-19(20(25)14-24)11-17-7-9-22-10-8-17/h3-10,19-20,25H,11-15H2,1-2H3/t19-,20+/m1/s1. The largest absolute Gasteiger partial charge is 0.391 e. The molecular formula is C21H27N3O2. The van der Waals surface area contributed by atoms with Gasteiger partial charge in [-0.2, -0.15) is 0 Å². The number of benzene rings is 1. The second-order valence-corrected chi connectivity index (χ2v) is 7.34. The van der Waals surface area contributed by atoms with Gasteiger partial charge in [0.05, 0.1) is 12.6 Å². The van der Waals surface area contributed by atoms with E-state index in [9.17, 15) is 9.90 Å². The van der Waals surface area contributed by atoms with Crippen molar-refractivity contribution in [1.29, 1.82) is 0 Å². The van der Waals surface area contributed by atoms with Crippen LogP contribution < -0.4 is 0 Å². The molecule has 1 aliphatic rings. The molecule has 0 spiro atoms. The van der Waals surface area contributed by atoms with Crippen LogP contribution in [0.4, 0.5) is 0 Å². The van der Waals surface area contributed by atoms with Crippen molar-refractivity contribution in [3.8, 4) is 0 Å². The Morgan fingerprint density at radius 2 is 1.85 bits per heavy atom. The van der Waals surface area contributed by atoms with Crippen molar-refractivity contribution in [2.75, 3.05) is 26.7 Å². The molecule has 1 aromatic heterocycles. The van der Waals surface area contributed by atoms with E-state index in [0.717, 1.165) is 18.5 Å². The van der Waals surface area contributed by atoms with E-state index < -0.39 is 6.10 Å². The zero-order valence-corrected chi connectivity index (χ0v) is 15.5. The summed E-state index contributed by atoms with van der Waals surface area (Å²) in [4.78, 5) is 20.4. The lowest BCUT2D eigenvalue weighted by molar-refractivity contribution is -0.131. The molecule has 1 N–H and O–H groups in total. The Hall–Kier alpha value is -2.24. The minimum Gasteiger partial charge on any atom is -0.391 e. The fourth-order valence-electron chi connectivity index (χ4n) is 3.47. The van der Waals surface area contributed by atoms with Crippen LogP contribution in [0.2, 0.25) is 0 Å². The second-order valence-electron chi connectivity index (χ2n) is 7.34. The number of aliphatic hydroxyl groups is 1. The zero-order valence-electron chi connectivity index (χ0n) is 15.5. The van der Waals surface area contributed by atoms with Gasteiger partial charge in [-0.05, 0) is 43.7 Å². The zero-order chi connectivity index (χ0) is 18.5. The first kappa shape index (κ1) is 18.5. The van der Waals surface area contributed by atoms with Crippen LogP contribution in [0, 0.1) is 12.8 Å². The number of carbonyl (C=O) groups excluding carboxylic acids is 1. The maximum Gasteiger partial charge on any atom is 0.236 e. The molecule has 1 amide bonds. The molecule has 5 heteroatoms. The highest BCUT2D eigenvalue weighted by atomic mass is 16.3. The summed E-state index contributed by atoms with van der Waals surface area (Å²) < 4.78 is 0. The lowest BCUT2D eigenvalue weighted by atomic mass is 9.97. The number of hydrogen-bond acceptors (Lipinski definition) is 4. The van der Waals surface area contributed by atoms with Gasteiger partial charge in [0.15, 0.2) is 0 Å².